The average Bonchev–Trinajstić information content (AvgIpc) is 0.784. The summed E-state index contributed by atoms with van der Waals surface area (Å²) in [5.41, 5.74) is 3.50. The quantitative estimate of drug-likeness (QED) is 0.0849. The first-order chi connectivity index (χ1) is 42.7. The summed E-state index contributed by atoms with van der Waals surface area (Å²) in [5.74, 6) is -13.2. The lowest BCUT2D eigenvalue weighted by atomic mass is 9.89. The van der Waals surface area contributed by atoms with Crippen molar-refractivity contribution in [2.75, 3.05) is 20.7 Å². The molecular weight excluding hydrogens is 1220 g/mol. The highest BCUT2D eigenvalue weighted by Crippen LogP contribution is 2.49. The van der Waals surface area contributed by atoms with Gasteiger partial charge in [0.15, 0.2) is 17.5 Å². The van der Waals surface area contributed by atoms with E-state index in [2.05, 4.69) is 37.2 Å². The van der Waals surface area contributed by atoms with E-state index >= 15 is 14.4 Å². The molecule has 11 rings (SSSR count). The van der Waals surface area contributed by atoms with Crippen LogP contribution in [-0.4, -0.2) is 158 Å². The van der Waals surface area contributed by atoms with Gasteiger partial charge in [-0.2, -0.15) is 0 Å². The van der Waals surface area contributed by atoms with Gasteiger partial charge < -0.3 is 107 Å². The van der Waals surface area contributed by atoms with Gasteiger partial charge in [0.2, 0.25) is 47.5 Å². The van der Waals surface area contributed by atoms with Crippen LogP contribution in [0.15, 0.2) is 78.9 Å². The number of likely N-dealkylation sites (N-methyl/N-ethyl adjacent to an activating group) is 1. The summed E-state index contributed by atoms with van der Waals surface area (Å²) in [6.07, 6.45) is -11.6. The minimum Gasteiger partial charge on any atom is -0.508 e. The Morgan fingerprint density at radius 2 is 1.29 bits per heavy atom. The second kappa shape index (κ2) is 27.3. The molecule has 17 N–H and O–H groups in total. The molecule has 5 aromatic carbocycles. The molecule has 6 amide bonds. The first kappa shape index (κ1) is 65.9. The standard InChI is InChI=1S/C60H66Cl2N8O20/c1-22(2)12-28(64-4)21-65-46-49(76)25-7-10-37(32(61)14-25)88-39-16-27-17-40(52(39)90-60-53(86-5)51(78)48(75)23(3)87-60)89-38-11-8-26(15-33(38)62)50(77)47-58(83)69-45(59(84)85)31-18-29(71)19-36(73)42(31)30-13-24(6-9-35(30)72)43(55(80)70-47)68-56(81)44(27)67-54(79)34(20-41(63)74)66-57(46)82/h6-11,13-19,22-23,28,34,43-51,53,60,64-65,71-73,75-78H,12,20-21H2,1-5H3,(H2,63,74)(H,66,82)(H,67,79)(H,68,81)(H,69,83)(H,70,80)(H,84,85)/t23?,28-,34+,43+,44?,45-,46-,47?,48?,49-,50-,51?,53?,60?/m1/s1. The molecule has 14 atom stereocenters. The summed E-state index contributed by atoms with van der Waals surface area (Å²) in [4.78, 5) is 102. The summed E-state index contributed by atoms with van der Waals surface area (Å²) in [6, 6.07) is 2.03. The number of methoxy groups -OCH3 is 1. The number of primary amides is 1. The molecule has 0 aliphatic carbocycles. The second-order valence-corrected chi connectivity index (χ2v) is 23.2. The third-order valence-corrected chi connectivity index (χ3v) is 16.3. The summed E-state index contributed by atoms with van der Waals surface area (Å²) in [7, 11) is 2.89. The van der Waals surface area contributed by atoms with Crippen LogP contribution in [0.2, 0.25) is 10.0 Å². The Morgan fingerprint density at radius 3 is 1.88 bits per heavy atom. The van der Waals surface area contributed by atoms with Crippen LogP contribution in [-0.2, 0) is 43.0 Å². The molecule has 90 heavy (non-hydrogen) atoms. The number of aliphatic hydroxyl groups excluding tert-OH is 4. The van der Waals surface area contributed by atoms with E-state index in [0.717, 1.165) is 48.5 Å². The van der Waals surface area contributed by atoms with Gasteiger partial charge in [-0.1, -0.05) is 55.2 Å². The van der Waals surface area contributed by atoms with Crippen molar-refractivity contribution in [3.63, 3.8) is 0 Å². The normalized spacial score (nSPS) is 26.5. The predicted octanol–water partition coefficient (Wildman–Crippen LogP) is 2.02. The molecule has 1 saturated heterocycles. The zero-order chi connectivity index (χ0) is 65.3. The Labute approximate surface area is 522 Å². The summed E-state index contributed by atoms with van der Waals surface area (Å²) >= 11 is 14.0. The van der Waals surface area contributed by atoms with E-state index in [4.69, 9.17) is 52.6 Å². The maximum atomic E-state index is 15.8. The number of fused-ring (bicyclic) bond motifs is 15. The van der Waals surface area contributed by atoms with Crippen LogP contribution in [0, 0.1) is 5.92 Å². The third kappa shape index (κ3) is 13.9. The fraction of sp³-hybridized carbons (Fsp3) is 0.383. The number of hydrogen-bond donors (Lipinski definition) is 16. The van der Waals surface area contributed by atoms with Gasteiger partial charge in [-0.15, -0.1) is 0 Å². The zero-order valence-corrected chi connectivity index (χ0v) is 50.1. The number of nitrogens with one attached hydrogen (secondary N) is 7. The highest BCUT2D eigenvalue weighted by atomic mass is 35.5. The number of aromatic hydroxyl groups is 3. The first-order valence-corrected chi connectivity index (χ1v) is 28.9. The van der Waals surface area contributed by atoms with Gasteiger partial charge in [-0.05, 0) is 103 Å². The van der Waals surface area contributed by atoms with Crippen LogP contribution in [0.4, 0.5) is 0 Å². The lowest BCUT2D eigenvalue weighted by molar-refractivity contribution is -0.274. The average molecular weight is 1290 g/mol. The highest BCUT2D eigenvalue weighted by Gasteiger charge is 2.46. The lowest BCUT2D eigenvalue weighted by Crippen LogP contribution is -2.59. The van der Waals surface area contributed by atoms with Crippen LogP contribution < -0.4 is 57.2 Å². The van der Waals surface area contributed by atoms with Gasteiger partial charge in [0, 0.05) is 42.5 Å². The maximum absolute atomic E-state index is 15.8. The SMILES string of the molecule is CN[C@@H](CN[C@H]1C(=O)N[C@@H](CC(N)=O)C(=O)NC2C(=O)N[C@@H]3C(=O)NC(C(=O)N[C@@H](C(=O)O)c4cc(O)cc(O)c4-c4cc3ccc4O)[C@H](O)c3ccc(c(Cl)c3)Oc3cc2cc(c3OC2OC(C)C(O)C(O)C2OC)Oc2ccc(cc2Cl)[C@H]1O)CC(C)C. The van der Waals surface area contributed by atoms with Crippen molar-refractivity contribution >= 4 is 64.6 Å². The van der Waals surface area contributed by atoms with Crippen LogP contribution in [0.1, 0.15) is 91.8 Å². The lowest BCUT2D eigenvalue weighted by Gasteiger charge is -2.40. The number of phenolic OH excluding ortho intramolecular Hbond substituents is 3. The van der Waals surface area contributed by atoms with Crippen molar-refractivity contribution in [1.82, 2.24) is 37.2 Å². The molecule has 0 saturated carbocycles. The number of phenols is 3. The Morgan fingerprint density at radius 1 is 0.689 bits per heavy atom. The van der Waals surface area contributed by atoms with Crippen molar-refractivity contribution in [2.24, 2.45) is 11.7 Å². The Kier molecular flexibility index (Phi) is 20.0. The van der Waals surface area contributed by atoms with Gasteiger partial charge in [0.25, 0.3) is 0 Å². The molecule has 5 aromatic rings. The van der Waals surface area contributed by atoms with E-state index in [1.165, 1.54) is 44.4 Å². The van der Waals surface area contributed by atoms with Crippen molar-refractivity contribution in [3.8, 4) is 57.1 Å². The van der Waals surface area contributed by atoms with E-state index in [1.54, 1.807) is 7.05 Å². The second-order valence-electron chi connectivity index (χ2n) is 22.4. The smallest absolute Gasteiger partial charge is 0.330 e. The van der Waals surface area contributed by atoms with Crippen molar-refractivity contribution in [2.45, 2.75) is 119 Å². The number of aliphatic carboxylic acids is 1. The van der Waals surface area contributed by atoms with Gasteiger partial charge >= 0.3 is 5.97 Å². The molecule has 6 aliphatic heterocycles. The molecule has 480 valence electrons. The monoisotopic (exact) mass is 1290 g/mol. The number of carbonyl (C=O) groups is 7. The predicted molar refractivity (Wildman–Crippen MR) is 316 cm³/mol. The maximum Gasteiger partial charge on any atom is 0.330 e. The molecule has 0 radical (unpaired) electrons. The van der Waals surface area contributed by atoms with Crippen molar-refractivity contribution < 1.29 is 98.1 Å². The molecule has 6 heterocycles. The van der Waals surface area contributed by atoms with Gasteiger partial charge in [-0.3, -0.25) is 28.8 Å². The zero-order valence-electron chi connectivity index (χ0n) is 48.6. The van der Waals surface area contributed by atoms with E-state index in [-0.39, 0.29) is 62.3 Å². The molecule has 6 aliphatic rings. The summed E-state index contributed by atoms with van der Waals surface area (Å²) in [6.45, 7) is 5.45. The van der Waals surface area contributed by atoms with E-state index in [9.17, 15) is 60.0 Å². The molecule has 1 fully saturated rings. The van der Waals surface area contributed by atoms with E-state index < -0.39 is 178 Å². The first-order valence-electron chi connectivity index (χ1n) is 28.2. The number of rotatable bonds is 12. The van der Waals surface area contributed by atoms with Crippen LogP contribution in [0.3, 0.4) is 0 Å². The third-order valence-electron chi connectivity index (χ3n) is 15.7. The van der Waals surface area contributed by atoms with Crippen LogP contribution in [0.5, 0.6) is 46.0 Å². The van der Waals surface area contributed by atoms with E-state index in [0.29, 0.717) is 6.42 Å². The molecule has 0 aromatic heterocycles. The van der Waals surface area contributed by atoms with Crippen LogP contribution in [0.25, 0.3) is 11.1 Å². The fourth-order valence-electron chi connectivity index (χ4n) is 11.0. The van der Waals surface area contributed by atoms with Crippen LogP contribution >= 0.6 is 23.2 Å². The molecule has 28 nitrogen and oxygen atoms in total. The summed E-state index contributed by atoms with van der Waals surface area (Å²) in [5, 5.41) is 109. The fourth-order valence-corrected chi connectivity index (χ4v) is 11.5. The van der Waals surface area contributed by atoms with Crippen molar-refractivity contribution in [1.29, 1.82) is 0 Å². The molecule has 0 spiro atoms. The molecule has 30 heteroatoms. The summed E-state index contributed by atoms with van der Waals surface area (Å²) < 4.78 is 31.3. The van der Waals surface area contributed by atoms with Crippen molar-refractivity contribution in [3.05, 3.63) is 117 Å². The van der Waals surface area contributed by atoms with Gasteiger partial charge in [-0.25, -0.2) is 4.79 Å². The molecule has 11 bridgehead atoms. The Hall–Kier alpha value is -8.55. The largest absolute Gasteiger partial charge is 0.508 e. The minimum atomic E-state index is -2.22. The number of benzene rings is 5. The number of amides is 6. The molecule has 7 unspecified atom stereocenters. The van der Waals surface area contributed by atoms with Gasteiger partial charge in [0.05, 0.1) is 22.6 Å². The highest BCUT2D eigenvalue weighted by molar-refractivity contribution is 6.32. The topological polar surface area (TPSA) is 438 Å². The molecular formula is C60H66Cl2N8O20. The van der Waals surface area contributed by atoms with Gasteiger partial charge in [0.1, 0.15) is 89.5 Å². The number of carboxylic acids is 1. The number of hydrogen-bond acceptors (Lipinski definition) is 21. The minimum absolute atomic E-state index is 0.0449. The number of carbonyl (C=O) groups excluding carboxylic acids is 6. The number of nitrogens with two attached hydrogens (primary N) is 1. The number of halogens is 2. The Bertz CT molecular complexity index is 3640. The van der Waals surface area contributed by atoms with E-state index in [1.807, 2.05) is 13.8 Å². The number of ether oxygens (including phenoxy) is 5. The number of aliphatic hydroxyl groups is 4. The number of carboxylic acid groups (broad SMARTS) is 1. The Balaban J connectivity index is 1.32.